The van der Waals surface area contributed by atoms with Crippen molar-refractivity contribution in [3.05, 3.63) is 41.3 Å². The second kappa shape index (κ2) is 8.81. The van der Waals surface area contributed by atoms with E-state index in [1.807, 2.05) is 45.9 Å². The van der Waals surface area contributed by atoms with Crippen LogP contribution in [0, 0.1) is 19.8 Å². The van der Waals surface area contributed by atoms with Crippen molar-refractivity contribution in [1.82, 2.24) is 10.3 Å². The van der Waals surface area contributed by atoms with Gasteiger partial charge < -0.3 is 14.6 Å². The Morgan fingerprint density at radius 3 is 2.19 bits per heavy atom. The molecular formula is C20H26N2O5. The Hall–Kier alpha value is -2.67. The van der Waals surface area contributed by atoms with Crippen LogP contribution in [-0.4, -0.2) is 39.2 Å². The number of carboxylic acids is 2. The number of hydrogen-bond acceptors (Lipinski definition) is 5. The largest absolute Gasteiger partial charge is 0.480 e. The molecule has 27 heavy (non-hydrogen) atoms. The van der Waals surface area contributed by atoms with Gasteiger partial charge in [-0.2, -0.15) is 0 Å². The lowest BCUT2D eigenvalue weighted by Crippen LogP contribution is -2.48. The maximum Gasteiger partial charge on any atom is 0.321 e. The Morgan fingerprint density at radius 1 is 1.07 bits per heavy atom. The van der Waals surface area contributed by atoms with E-state index in [4.69, 9.17) is 4.42 Å². The fraction of sp³-hybridized carbons (Fsp3) is 0.450. The minimum atomic E-state index is -1.12. The molecule has 0 saturated heterocycles. The van der Waals surface area contributed by atoms with E-state index >= 15 is 0 Å². The van der Waals surface area contributed by atoms with Crippen molar-refractivity contribution in [3.8, 4) is 11.5 Å². The molecule has 1 heterocycles. The van der Waals surface area contributed by atoms with Gasteiger partial charge >= 0.3 is 11.9 Å². The Bertz CT molecular complexity index is 792. The zero-order valence-electron chi connectivity index (χ0n) is 16.0. The minimum Gasteiger partial charge on any atom is -0.480 e. The van der Waals surface area contributed by atoms with Crippen LogP contribution in [0.5, 0.6) is 0 Å². The summed E-state index contributed by atoms with van der Waals surface area (Å²) in [5.74, 6) is -1.65. The molecule has 0 saturated carbocycles. The first-order chi connectivity index (χ1) is 12.7. The summed E-state index contributed by atoms with van der Waals surface area (Å²) in [6.45, 7) is 7.74. The first kappa shape index (κ1) is 20.6. The van der Waals surface area contributed by atoms with Crippen LogP contribution in [0.15, 0.2) is 28.9 Å². The molecule has 146 valence electrons. The van der Waals surface area contributed by atoms with Gasteiger partial charge in [0.15, 0.2) is 0 Å². The third kappa shape index (κ3) is 5.92. The lowest BCUT2D eigenvalue weighted by Gasteiger charge is -2.21. The average Bonchev–Trinajstić information content (AvgIpc) is 3.00. The highest BCUT2D eigenvalue weighted by Crippen LogP contribution is 2.22. The standard InChI is InChI=1S/C20H26N2O5/c1-11(2)5-16(19(23)24)22-17(20(25)26)9-15-10-27-18(21-15)14-7-12(3)6-13(4)8-14/h6-8,10-11,16-17,22H,5,9H2,1-4H3,(H,23,24)(H,25,26). The summed E-state index contributed by atoms with van der Waals surface area (Å²) in [5, 5.41) is 21.5. The molecular weight excluding hydrogens is 348 g/mol. The van der Waals surface area contributed by atoms with E-state index in [-0.39, 0.29) is 12.3 Å². The van der Waals surface area contributed by atoms with Crippen LogP contribution in [0.1, 0.15) is 37.1 Å². The molecule has 0 radical (unpaired) electrons. The van der Waals surface area contributed by atoms with Gasteiger partial charge in [-0.3, -0.25) is 14.9 Å². The van der Waals surface area contributed by atoms with Gasteiger partial charge in [-0.1, -0.05) is 31.0 Å². The van der Waals surface area contributed by atoms with E-state index in [9.17, 15) is 19.8 Å². The molecule has 0 aliphatic rings. The molecule has 0 bridgehead atoms. The third-order valence-electron chi connectivity index (χ3n) is 4.14. The first-order valence-corrected chi connectivity index (χ1v) is 8.90. The molecule has 0 aliphatic heterocycles. The summed E-state index contributed by atoms with van der Waals surface area (Å²) < 4.78 is 5.51. The molecule has 7 nitrogen and oxygen atoms in total. The molecule has 0 fully saturated rings. The number of rotatable bonds is 9. The zero-order chi connectivity index (χ0) is 20.1. The van der Waals surface area contributed by atoms with Crippen LogP contribution < -0.4 is 5.32 Å². The average molecular weight is 374 g/mol. The van der Waals surface area contributed by atoms with E-state index in [0.29, 0.717) is 18.0 Å². The van der Waals surface area contributed by atoms with Crippen molar-refractivity contribution < 1.29 is 24.2 Å². The molecule has 3 N–H and O–H groups in total. The number of benzene rings is 1. The van der Waals surface area contributed by atoms with Gasteiger partial charge in [-0.15, -0.1) is 0 Å². The van der Waals surface area contributed by atoms with Gasteiger partial charge in [0.1, 0.15) is 18.3 Å². The molecule has 2 unspecified atom stereocenters. The summed E-state index contributed by atoms with van der Waals surface area (Å²) in [6.07, 6.45) is 1.79. The van der Waals surface area contributed by atoms with Crippen molar-refractivity contribution >= 4 is 11.9 Å². The Balaban J connectivity index is 2.16. The number of carboxylic acid groups (broad SMARTS) is 2. The molecule has 2 aromatic rings. The number of nitrogens with one attached hydrogen (secondary N) is 1. The lowest BCUT2D eigenvalue weighted by molar-refractivity contribution is -0.142. The van der Waals surface area contributed by atoms with Crippen LogP contribution >= 0.6 is 0 Å². The van der Waals surface area contributed by atoms with Crippen molar-refractivity contribution in [2.75, 3.05) is 0 Å². The molecule has 1 aromatic heterocycles. The second-order valence-corrected chi connectivity index (χ2v) is 7.30. The maximum atomic E-state index is 11.6. The number of aromatic nitrogens is 1. The molecule has 2 atom stereocenters. The quantitative estimate of drug-likeness (QED) is 0.618. The number of nitrogens with zero attached hydrogens (tertiary/aromatic N) is 1. The van der Waals surface area contributed by atoms with E-state index in [1.54, 1.807) is 0 Å². The molecule has 0 spiro atoms. The van der Waals surface area contributed by atoms with E-state index < -0.39 is 24.0 Å². The van der Waals surface area contributed by atoms with Crippen LogP contribution in [0.25, 0.3) is 11.5 Å². The number of carbonyl (C=O) groups is 2. The number of hydrogen-bond donors (Lipinski definition) is 3. The molecule has 7 heteroatoms. The van der Waals surface area contributed by atoms with E-state index in [0.717, 1.165) is 16.7 Å². The summed E-state index contributed by atoms with van der Waals surface area (Å²) >= 11 is 0. The van der Waals surface area contributed by atoms with Crippen molar-refractivity contribution in [2.45, 2.75) is 52.6 Å². The highest BCUT2D eigenvalue weighted by Gasteiger charge is 2.27. The lowest BCUT2D eigenvalue weighted by atomic mass is 10.0. The predicted octanol–water partition coefficient (Wildman–Crippen LogP) is 3.04. The predicted molar refractivity (Wildman–Crippen MR) is 101 cm³/mol. The number of oxazole rings is 1. The summed E-state index contributed by atoms with van der Waals surface area (Å²) in [6, 6.07) is 3.93. The highest BCUT2D eigenvalue weighted by molar-refractivity contribution is 5.77. The number of aryl methyl sites for hydroxylation is 2. The van der Waals surface area contributed by atoms with Gasteiger partial charge in [-0.25, -0.2) is 4.98 Å². The van der Waals surface area contributed by atoms with Gasteiger partial charge in [0.05, 0.1) is 5.69 Å². The molecule has 2 rings (SSSR count). The van der Waals surface area contributed by atoms with Crippen LogP contribution in [-0.2, 0) is 16.0 Å². The maximum absolute atomic E-state index is 11.6. The number of aliphatic carboxylic acids is 2. The molecule has 1 aromatic carbocycles. The summed E-state index contributed by atoms with van der Waals surface area (Å²) in [5.41, 5.74) is 3.43. The summed E-state index contributed by atoms with van der Waals surface area (Å²) in [4.78, 5) is 27.4. The Morgan fingerprint density at radius 2 is 1.67 bits per heavy atom. The SMILES string of the molecule is Cc1cc(C)cc(-c2nc(CC(NC(CC(C)C)C(=O)O)C(=O)O)co2)c1. The van der Waals surface area contributed by atoms with Crippen molar-refractivity contribution in [3.63, 3.8) is 0 Å². The van der Waals surface area contributed by atoms with Gasteiger partial charge in [0.2, 0.25) is 5.89 Å². The fourth-order valence-corrected chi connectivity index (χ4v) is 3.01. The van der Waals surface area contributed by atoms with Gasteiger partial charge in [-0.05, 0) is 38.3 Å². The van der Waals surface area contributed by atoms with Crippen LogP contribution in [0.2, 0.25) is 0 Å². The van der Waals surface area contributed by atoms with Crippen LogP contribution in [0.3, 0.4) is 0 Å². The van der Waals surface area contributed by atoms with Crippen molar-refractivity contribution in [2.24, 2.45) is 5.92 Å². The highest BCUT2D eigenvalue weighted by atomic mass is 16.4. The Labute approximate surface area is 158 Å². The van der Waals surface area contributed by atoms with E-state index in [1.165, 1.54) is 6.26 Å². The topological polar surface area (TPSA) is 113 Å². The fourth-order valence-electron chi connectivity index (χ4n) is 3.01. The first-order valence-electron chi connectivity index (χ1n) is 8.90. The van der Waals surface area contributed by atoms with Gasteiger partial charge in [0.25, 0.3) is 0 Å². The molecule has 0 aliphatic carbocycles. The summed E-state index contributed by atoms with van der Waals surface area (Å²) in [7, 11) is 0. The normalized spacial score (nSPS) is 13.5. The zero-order valence-corrected chi connectivity index (χ0v) is 16.0. The smallest absolute Gasteiger partial charge is 0.321 e. The van der Waals surface area contributed by atoms with Gasteiger partial charge in [0, 0.05) is 12.0 Å². The minimum absolute atomic E-state index is 0.0332. The Kier molecular flexibility index (Phi) is 6.74. The monoisotopic (exact) mass is 374 g/mol. The molecule has 0 amide bonds. The van der Waals surface area contributed by atoms with Crippen molar-refractivity contribution in [1.29, 1.82) is 0 Å². The second-order valence-electron chi connectivity index (χ2n) is 7.30. The third-order valence-corrected chi connectivity index (χ3v) is 4.14. The van der Waals surface area contributed by atoms with E-state index in [2.05, 4.69) is 10.3 Å². The van der Waals surface area contributed by atoms with Crippen LogP contribution in [0.4, 0.5) is 0 Å².